The van der Waals surface area contributed by atoms with E-state index in [0.29, 0.717) is 17.1 Å². The standard InChI is InChI=1S/C12H10ClFN2O/c13-10-3-1-2-8(12(10)14)6-11-15-5-4-9(7-17)16-11/h1-5,17H,6-7H2. The topological polar surface area (TPSA) is 46.0 Å². The van der Waals surface area contributed by atoms with Crippen LogP contribution in [0.25, 0.3) is 0 Å². The molecule has 2 rings (SSSR count). The summed E-state index contributed by atoms with van der Waals surface area (Å²) in [6, 6.07) is 6.41. The molecular weight excluding hydrogens is 243 g/mol. The summed E-state index contributed by atoms with van der Waals surface area (Å²) in [5.74, 6) is 0.00452. The fourth-order valence-electron chi connectivity index (χ4n) is 1.47. The molecule has 0 radical (unpaired) electrons. The number of hydrogen-bond acceptors (Lipinski definition) is 3. The number of nitrogens with zero attached hydrogens (tertiary/aromatic N) is 2. The Balaban J connectivity index is 2.28. The summed E-state index contributed by atoms with van der Waals surface area (Å²) >= 11 is 5.68. The number of aliphatic hydroxyl groups is 1. The third-order valence-corrected chi connectivity index (χ3v) is 2.60. The van der Waals surface area contributed by atoms with E-state index in [0.717, 1.165) is 0 Å². The quantitative estimate of drug-likeness (QED) is 0.912. The molecule has 3 nitrogen and oxygen atoms in total. The molecule has 0 saturated heterocycles. The maximum Gasteiger partial charge on any atom is 0.145 e. The first kappa shape index (κ1) is 12.0. The Bertz CT molecular complexity index is 534. The van der Waals surface area contributed by atoms with Gasteiger partial charge < -0.3 is 5.11 Å². The van der Waals surface area contributed by atoms with Crippen molar-refractivity contribution in [2.24, 2.45) is 0 Å². The van der Waals surface area contributed by atoms with Gasteiger partial charge in [0, 0.05) is 12.6 Å². The molecule has 5 heteroatoms. The molecule has 0 spiro atoms. The van der Waals surface area contributed by atoms with Crippen LogP contribution in [0, 0.1) is 5.82 Å². The molecule has 0 aliphatic rings. The van der Waals surface area contributed by atoms with E-state index in [4.69, 9.17) is 16.7 Å². The second-order valence-corrected chi connectivity index (χ2v) is 3.92. The van der Waals surface area contributed by atoms with Crippen LogP contribution in [-0.4, -0.2) is 15.1 Å². The first-order chi connectivity index (χ1) is 8.20. The van der Waals surface area contributed by atoms with Crippen molar-refractivity contribution in [3.8, 4) is 0 Å². The van der Waals surface area contributed by atoms with Gasteiger partial charge in [-0.05, 0) is 17.7 Å². The molecule has 1 N–H and O–H groups in total. The fraction of sp³-hybridized carbons (Fsp3) is 0.167. The molecule has 1 aromatic heterocycles. The second kappa shape index (κ2) is 5.21. The van der Waals surface area contributed by atoms with Gasteiger partial charge in [-0.15, -0.1) is 0 Å². The highest BCUT2D eigenvalue weighted by Crippen LogP contribution is 2.19. The van der Waals surface area contributed by atoms with Crippen molar-refractivity contribution in [3.63, 3.8) is 0 Å². The highest BCUT2D eigenvalue weighted by molar-refractivity contribution is 6.30. The van der Waals surface area contributed by atoms with Crippen molar-refractivity contribution in [2.45, 2.75) is 13.0 Å². The second-order valence-electron chi connectivity index (χ2n) is 3.51. The van der Waals surface area contributed by atoms with E-state index >= 15 is 0 Å². The third-order valence-electron chi connectivity index (χ3n) is 2.31. The Morgan fingerprint density at radius 1 is 1.29 bits per heavy atom. The maximum absolute atomic E-state index is 13.6. The summed E-state index contributed by atoms with van der Waals surface area (Å²) < 4.78 is 13.6. The molecule has 88 valence electrons. The van der Waals surface area contributed by atoms with Crippen molar-refractivity contribution in [1.29, 1.82) is 0 Å². The molecule has 0 aliphatic heterocycles. The van der Waals surface area contributed by atoms with Gasteiger partial charge in [0.25, 0.3) is 0 Å². The molecule has 0 saturated carbocycles. The van der Waals surface area contributed by atoms with Gasteiger partial charge in [0.2, 0.25) is 0 Å². The van der Waals surface area contributed by atoms with Crippen LogP contribution in [0.4, 0.5) is 4.39 Å². The number of aliphatic hydroxyl groups excluding tert-OH is 1. The largest absolute Gasteiger partial charge is 0.390 e. The molecule has 1 heterocycles. The first-order valence-electron chi connectivity index (χ1n) is 5.05. The summed E-state index contributed by atoms with van der Waals surface area (Å²) in [7, 11) is 0. The minimum Gasteiger partial charge on any atom is -0.390 e. The predicted molar refractivity (Wildman–Crippen MR) is 62.2 cm³/mol. The minimum absolute atomic E-state index is 0.0841. The molecule has 17 heavy (non-hydrogen) atoms. The molecule has 0 atom stereocenters. The van der Waals surface area contributed by atoms with Gasteiger partial charge in [0.15, 0.2) is 0 Å². The Morgan fingerprint density at radius 2 is 2.12 bits per heavy atom. The van der Waals surface area contributed by atoms with Crippen LogP contribution in [0.2, 0.25) is 5.02 Å². The highest BCUT2D eigenvalue weighted by atomic mass is 35.5. The molecule has 0 aliphatic carbocycles. The van der Waals surface area contributed by atoms with Gasteiger partial charge in [-0.2, -0.15) is 0 Å². The van der Waals surface area contributed by atoms with E-state index in [9.17, 15) is 4.39 Å². The van der Waals surface area contributed by atoms with E-state index in [1.165, 1.54) is 12.3 Å². The summed E-state index contributed by atoms with van der Waals surface area (Å²) in [5, 5.41) is 9.03. The maximum atomic E-state index is 13.6. The van der Waals surface area contributed by atoms with E-state index in [1.807, 2.05) is 0 Å². The zero-order valence-corrected chi connectivity index (χ0v) is 9.65. The Kier molecular flexibility index (Phi) is 3.66. The van der Waals surface area contributed by atoms with Crippen LogP contribution in [0.15, 0.2) is 30.5 Å². The number of rotatable bonds is 3. The first-order valence-corrected chi connectivity index (χ1v) is 5.43. The fourth-order valence-corrected chi connectivity index (χ4v) is 1.66. The number of halogens is 2. The summed E-state index contributed by atoms with van der Waals surface area (Å²) in [6.45, 7) is -0.159. The Hall–Kier alpha value is -1.52. The lowest BCUT2D eigenvalue weighted by atomic mass is 10.1. The molecule has 1 aromatic carbocycles. The van der Waals surface area contributed by atoms with E-state index in [-0.39, 0.29) is 18.1 Å². The molecule has 0 unspecified atom stereocenters. The molecule has 0 bridgehead atoms. The SMILES string of the molecule is OCc1ccnc(Cc2cccc(Cl)c2F)n1. The van der Waals surface area contributed by atoms with Gasteiger partial charge in [-0.1, -0.05) is 23.7 Å². The molecular formula is C12H10ClFN2O. The number of benzene rings is 1. The Morgan fingerprint density at radius 3 is 2.88 bits per heavy atom. The zero-order chi connectivity index (χ0) is 12.3. The van der Waals surface area contributed by atoms with Crippen LogP contribution >= 0.6 is 11.6 Å². The van der Waals surface area contributed by atoms with Crippen molar-refractivity contribution < 1.29 is 9.50 Å². The van der Waals surface area contributed by atoms with Crippen molar-refractivity contribution in [3.05, 3.63) is 58.4 Å². The van der Waals surface area contributed by atoms with Crippen molar-refractivity contribution >= 4 is 11.6 Å². The van der Waals surface area contributed by atoms with Crippen molar-refractivity contribution in [2.75, 3.05) is 0 Å². The molecule has 0 amide bonds. The van der Waals surface area contributed by atoms with Gasteiger partial charge in [-0.3, -0.25) is 0 Å². The van der Waals surface area contributed by atoms with Crippen LogP contribution in [0.1, 0.15) is 17.1 Å². The van der Waals surface area contributed by atoms with E-state index < -0.39 is 5.82 Å². The van der Waals surface area contributed by atoms with E-state index in [2.05, 4.69) is 9.97 Å². The minimum atomic E-state index is -0.452. The molecule has 2 aromatic rings. The van der Waals surface area contributed by atoms with Gasteiger partial charge in [-0.25, -0.2) is 14.4 Å². The van der Waals surface area contributed by atoms with Gasteiger partial charge in [0.1, 0.15) is 11.6 Å². The molecule has 0 fully saturated rings. The lowest BCUT2D eigenvalue weighted by molar-refractivity contribution is 0.276. The average Bonchev–Trinajstić information content (AvgIpc) is 2.35. The van der Waals surface area contributed by atoms with E-state index in [1.54, 1.807) is 18.2 Å². The smallest absolute Gasteiger partial charge is 0.145 e. The monoisotopic (exact) mass is 252 g/mol. The van der Waals surface area contributed by atoms with Crippen LogP contribution in [0.3, 0.4) is 0 Å². The zero-order valence-electron chi connectivity index (χ0n) is 8.90. The lowest BCUT2D eigenvalue weighted by Gasteiger charge is -2.04. The van der Waals surface area contributed by atoms with Gasteiger partial charge >= 0.3 is 0 Å². The summed E-state index contributed by atoms with van der Waals surface area (Å²) in [6.07, 6.45) is 1.79. The van der Waals surface area contributed by atoms with Crippen molar-refractivity contribution in [1.82, 2.24) is 9.97 Å². The summed E-state index contributed by atoms with van der Waals surface area (Å²) in [5.41, 5.74) is 0.949. The summed E-state index contributed by atoms with van der Waals surface area (Å²) in [4.78, 5) is 8.11. The third kappa shape index (κ3) is 2.78. The average molecular weight is 253 g/mol. The lowest BCUT2D eigenvalue weighted by Crippen LogP contribution is -2.01. The predicted octanol–water partition coefficient (Wildman–Crippen LogP) is 2.35. The highest BCUT2D eigenvalue weighted by Gasteiger charge is 2.08. The van der Waals surface area contributed by atoms with Gasteiger partial charge in [0.05, 0.1) is 17.3 Å². The normalized spacial score (nSPS) is 10.5. The van der Waals surface area contributed by atoms with Crippen LogP contribution in [0.5, 0.6) is 0 Å². The number of hydrogen-bond donors (Lipinski definition) is 1. The van der Waals surface area contributed by atoms with Crippen LogP contribution in [-0.2, 0) is 13.0 Å². The Labute approximate surface area is 103 Å². The number of aromatic nitrogens is 2. The van der Waals surface area contributed by atoms with Crippen LogP contribution < -0.4 is 0 Å².